The van der Waals surface area contributed by atoms with Crippen LogP contribution in [0.1, 0.15) is 12.5 Å². The Hall–Kier alpha value is -2.95. The van der Waals surface area contributed by atoms with Crippen LogP contribution in [0.3, 0.4) is 0 Å². The first-order valence-electron chi connectivity index (χ1n) is 6.66. The molecular formula is C17H15FN2O2. The number of amides is 2. The summed E-state index contributed by atoms with van der Waals surface area (Å²) >= 11 is 0. The Morgan fingerprint density at radius 3 is 2.45 bits per heavy atom. The van der Waals surface area contributed by atoms with Gasteiger partial charge in [0.2, 0.25) is 11.8 Å². The van der Waals surface area contributed by atoms with Crippen molar-refractivity contribution in [1.29, 1.82) is 0 Å². The highest BCUT2D eigenvalue weighted by atomic mass is 19.1. The molecule has 22 heavy (non-hydrogen) atoms. The van der Waals surface area contributed by atoms with Crippen LogP contribution in [0.5, 0.6) is 0 Å². The number of benzene rings is 2. The molecule has 0 saturated heterocycles. The van der Waals surface area contributed by atoms with Gasteiger partial charge in [0, 0.05) is 18.7 Å². The Kier molecular flexibility index (Phi) is 5.03. The maximum Gasteiger partial charge on any atom is 0.248 e. The highest BCUT2D eigenvalue weighted by molar-refractivity contribution is 6.02. The molecule has 0 radical (unpaired) electrons. The molecule has 0 atom stereocenters. The van der Waals surface area contributed by atoms with Gasteiger partial charge in [-0.2, -0.15) is 0 Å². The van der Waals surface area contributed by atoms with Gasteiger partial charge in [0.1, 0.15) is 5.82 Å². The van der Waals surface area contributed by atoms with E-state index in [-0.39, 0.29) is 11.6 Å². The summed E-state index contributed by atoms with van der Waals surface area (Å²) in [5.74, 6) is -1.30. The molecule has 0 unspecified atom stereocenters. The van der Waals surface area contributed by atoms with Gasteiger partial charge in [0.25, 0.3) is 0 Å². The lowest BCUT2D eigenvalue weighted by Crippen LogP contribution is -2.11. The van der Waals surface area contributed by atoms with Crippen molar-refractivity contribution in [2.24, 2.45) is 0 Å². The summed E-state index contributed by atoms with van der Waals surface area (Å²) in [5.41, 5.74) is 1.29. The average molecular weight is 298 g/mol. The fraction of sp³-hybridized carbons (Fsp3) is 0.0588. The normalized spacial score (nSPS) is 10.5. The molecule has 0 fully saturated rings. The van der Waals surface area contributed by atoms with Gasteiger partial charge in [0.05, 0.1) is 5.69 Å². The molecule has 2 amide bonds. The van der Waals surface area contributed by atoms with Gasteiger partial charge in [-0.3, -0.25) is 9.59 Å². The third-order valence-corrected chi connectivity index (χ3v) is 2.77. The summed E-state index contributed by atoms with van der Waals surface area (Å²) in [6.07, 6.45) is 2.95. The molecule has 2 rings (SSSR count). The maximum absolute atomic E-state index is 13.7. The Labute approximate surface area is 127 Å². The smallest absolute Gasteiger partial charge is 0.248 e. The summed E-state index contributed by atoms with van der Waals surface area (Å²) in [6, 6.07) is 13.3. The van der Waals surface area contributed by atoms with E-state index in [0.717, 1.165) is 5.56 Å². The summed E-state index contributed by atoms with van der Waals surface area (Å²) in [7, 11) is 0. The summed E-state index contributed by atoms with van der Waals surface area (Å²) in [4.78, 5) is 22.8. The molecule has 2 aromatic rings. The first-order valence-corrected chi connectivity index (χ1v) is 6.66. The van der Waals surface area contributed by atoms with Crippen molar-refractivity contribution in [2.75, 3.05) is 10.6 Å². The first kappa shape index (κ1) is 15.4. The minimum absolute atomic E-state index is 0.00830. The van der Waals surface area contributed by atoms with Crippen molar-refractivity contribution in [3.8, 4) is 0 Å². The number of rotatable bonds is 4. The SMILES string of the molecule is CC(=O)Nc1ccc(F)c(NC(=O)/C=C/c2ccccc2)c1. The van der Waals surface area contributed by atoms with E-state index in [2.05, 4.69) is 10.6 Å². The van der Waals surface area contributed by atoms with Gasteiger partial charge < -0.3 is 10.6 Å². The van der Waals surface area contributed by atoms with Crippen LogP contribution in [-0.4, -0.2) is 11.8 Å². The van der Waals surface area contributed by atoms with Crippen LogP contribution in [0.15, 0.2) is 54.6 Å². The van der Waals surface area contributed by atoms with Crippen LogP contribution in [0.4, 0.5) is 15.8 Å². The number of halogens is 1. The highest BCUT2D eigenvalue weighted by Crippen LogP contribution is 2.19. The molecule has 0 saturated carbocycles. The predicted octanol–water partition coefficient (Wildman–Crippen LogP) is 3.44. The van der Waals surface area contributed by atoms with Gasteiger partial charge >= 0.3 is 0 Å². The molecule has 0 aliphatic carbocycles. The van der Waals surface area contributed by atoms with Crippen molar-refractivity contribution in [3.63, 3.8) is 0 Å². The lowest BCUT2D eigenvalue weighted by molar-refractivity contribution is -0.114. The zero-order valence-corrected chi connectivity index (χ0v) is 12.0. The molecule has 0 spiro atoms. The Bertz CT molecular complexity index is 712. The molecule has 0 heterocycles. The lowest BCUT2D eigenvalue weighted by Gasteiger charge is -2.07. The monoisotopic (exact) mass is 298 g/mol. The second-order valence-corrected chi connectivity index (χ2v) is 4.61. The number of nitrogens with one attached hydrogen (secondary N) is 2. The van der Waals surface area contributed by atoms with E-state index in [1.165, 1.54) is 31.2 Å². The summed E-state index contributed by atoms with van der Waals surface area (Å²) < 4.78 is 13.7. The van der Waals surface area contributed by atoms with Crippen LogP contribution >= 0.6 is 0 Å². The van der Waals surface area contributed by atoms with Crippen LogP contribution in [0.25, 0.3) is 6.08 Å². The molecule has 4 nitrogen and oxygen atoms in total. The third kappa shape index (κ3) is 4.56. The van der Waals surface area contributed by atoms with E-state index in [1.54, 1.807) is 6.08 Å². The topological polar surface area (TPSA) is 58.2 Å². The second-order valence-electron chi connectivity index (χ2n) is 4.61. The lowest BCUT2D eigenvalue weighted by atomic mass is 10.2. The van der Waals surface area contributed by atoms with Crippen molar-refractivity contribution in [3.05, 3.63) is 66.0 Å². The van der Waals surface area contributed by atoms with E-state index >= 15 is 0 Å². The Morgan fingerprint density at radius 2 is 1.77 bits per heavy atom. The summed E-state index contributed by atoms with van der Waals surface area (Å²) in [5, 5.41) is 4.97. The van der Waals surface area contributed by atoms with Crippen molar-refractivity contribution >= 4 is 29.3 Å². The molecule has 5 heteroatoms. The van der Waals surface area contributed by atoms with E-state index < -0.39 is 11.7 Å². The first-order chi connectivity index (χ1) is 10.5. The quantitative estimate of drug-likeness (QED) is 0.850. The Balaban J connectivity index is 2.07. The number of carbonyl (C=O) groups excluding carboxylic acids is 2. The third-order valence-electron chi connectivity index (χ3n) is 2.77. The minimum atomic E-state index is -0.574. The van der Waals surface area contributed by atoms with Gasteiger partial charge in [-0.1, -0.05) is 30.3 Å². The largest absolute Gasteiger partial charge is 0.326 e. The molecule has 2 N–H and O–H groups in total. The van der Waals surface area contributed by atoms with Crippen LogP contribution < -0.4 is 10.6 Å². The highest BCUT2D eigenvalue weighted by Gasteiger charge is 2.06. The van der Waals surface area contributed by atoms with E-state index in [0.29, 0.717) is 5.69 Å². The van der Waals surface area contributed by atoms with E-state index in [4.69, 9.17) is 0 Å². The zero-order valence-electron chi connectivity index (χ0n) is 12.0. The van der Waals surface area contributed by atoms with E-state index in [9.17, 15) is 14.0 Å². The van der Waals surface area contributed by atoms with Crippen molar-refractivity contribution in [2.45, 2.75) is 6.92 Å². The minimum Gasteiger partial charge on any atom is -0.326 e. The zero-order chi connectivity index (χ0) is 15.9. The molecular weight excluding hydrogens is 283 g/mol. The maximum atomic E-state index is 13.7. The molecule has 0 aliphatic heterocycles. The summed E-state index contributed by atoms with van der Waals surface area (Å²) in [6.45, 7) is 1.35. The average Bonchev–Trinajstić information content (AvgIpc) is 2.49. The fourth-order valence-electron chi connectivity index (χ4n) is 1.81. The second kappa shape index (κ2) is 7.17. The molecule has 0 aliphatic rings. The number of hydrogen-bond donors (Lipinski definition) is 2. The van der Waals surface area contributed by atoms with Gasteiger partial charge in [-0.15, -0.1) is 0 Å². The van der Waals surface area contributed by atoms with Crippen LogP contribution in [-0.2, 0) is 9.59 Å². The number of anilines is 2. The van der Waals surface area contributed by atoms with Crippen LogP contribution in [0.2, 0.25) is 0 Å². The molecule has 0 bridgehead atoms. The number of hydrogen-bond acceptors (Lipinski definition) is 2. The van der Waals surface area contributed by atoms with E-state index in [1.807, 2.05) is 30.3 Å². The standard InChI is InChI=1S/C17H15FN2O2/c1-12(21)19-14-8-9-15(18)16(11-14)20-17(22)10-7-13-5-3-2-4-6-13/h2-11H,1H3,(H,19,21)(H,20,22)/b10-7+. The molecule has 2 aromatic carbocycles. The van der Waals surface area contributed by atoms with Crippen LogP contribution in [0, 0.1) is 5.82 Å². The van der Waals surface area contributed by atoms with Gasteiger partial charge in [0.15, 0.2) is 0 Å². The van der Waals surface area contributed by atoms with Gasteiger partial charge in [-0.05, 0) is 29.8 Å². The van der Waals surface area contributed by atoms with Gasteiger partial charge in [-0.25, -0.2) is 4.39 Å². The van der Waals surface area contributed by atoms with Crippen molar-refractivity contribution < 1.29 is 14.0 Å². The fourth-order valence-corrected chi connectivity index (χ4v) is 1.81. The molecule has 0 aromatic heterocycles. The van der Waals surface area contributed by atoms with Crippen molar-refractivity contribution in [1.82, 2.24) is 0 Å². The predicted molar refractivity (Wildman–Crippen MR) is 84.8 cm³/mol. The Morgan fingerprint density at radius 1 is 1.05 bits per heavy atom. The number of carbonyl (C=O) groups is 2. The molecule has 112 valence electrons.